The van der Waals surface area contributed by atoms with Gasteiger partial charge in [0.2, 0.25) is 5.13 Å². The zero-order valence-corrected chi connectivity index (χ0v) is 14.5. The molecule has 122 valence electrons. The van der Waals surface area contributed by atoms with Crippen LogP contribution in [0.25, 0.3) is 10.6 Å². The van der Waals surface area contributed by atoms with Crippen LogP contribution < -0.4 is 4.90 Å². The molecule has 24 heavy (non-hydrogen) atoms. The van der Waals surface area contributed by atoms with E-state index in [1.165, 1.54) is 11.3 Å². The largest absolute Gasteiger partial charge is 0.283 e. The number of carbonyl (C=O) groups excluding carboxylic acids is 1. The first-order chi connectivity index (χ1) is 11.7. The Hall–Kier alpha value is -2.60. The van der Waals surface area contributed by atoms with Crippen molar-refractivity contribution in [2.75, 3.05) is 11.4 Å². The van der Waals surface area contributed by atoms with Crippen LogP contribution in [-0.2, 0) is 0 Å². The SMILES string of the molecule is CCCN(C(=O)c1cccc(C)c1)c1nnc(-c2cccnc2)s1. The number of hydrogen-bond acceptors (Lipinski definition) is 5. The smallest absolute Gasteiger partial charge is 0.260 e. The van der Waals surface area contributed by atoms with Gasteiger partial charge in [-0.2, -0.15) is 0 Å². The van der Waals surface area contributed by atoms with Gasteiger partial charge in [0.05, 0.1) is 0 Å². The van der Waals surface area contributed by atoms with E-state index in [0.717, 1.165) is 22.6 Å². The van der Waals surface area contributed by atoms with Gasteiger partial charge in [0.1, 0.15) is 0 Å². The molecule has 0 bridgehead atoms. The Kier molecular flexibility index (Phi) is 4.96. The second kappa shape index (κ2) is 7.31. The van der Waals surface area contributed by atoms with E-state index in [2.05, 4.69) is 15.2 Å². The zero-order chi connectivity index (χ0) is 16.9. The molecule has 3 aromatic rings. The van der Waals surface area contributed by atoms with E-state index in [4.69, 9.17) is 0 Å². The molecule has 0 radical (unpaired) electrons. The third-order valence-corrected chi connectivity index (χ3v) is 4.51. The van der Waals surface area contributed by atoms with E-state index in [1.807, 2.05) is 50.2 Å². The summed E-state index contributed by atoms with van der Waals surface area (Å²) < 4.78 is 0. The molecule has 0 unspecified atom stereocenters. The normalized spacial score (nSPS) is 10.6. The number of aryl methyl sites for hydroxylation is 1. The van der Waals surface area contributed by atoms with Crippen molar-refractivity contribution in [2.24, 2.45) is 0 Å². The summed E-state index contributed by atoms with van der Waals surface area (Å²) in [5.41, 5.74) is 2.63. The summed E-state index contributed by atoms with van der Waals surface area (Å²) in [6, 6.07) is 11.4. The number of hydrogen-bond donors (Lipinski definition) is 0. The van der Waals surface area contributed by atoms with Gasteiger partial charge in [-0.15, -0.1) is 10.2 Å². The fourth-order valence-electron chi connectivity index (χ4n) is 2.37. The second-order valence-electron chi connectivity index (χ2n) is 5.46. The van der Waals surface area contributed by atoms with E-state index in [9.17, 15) is 4.79 Å². The predicted molar refractivity (Wildman–Crippen MR) is 96.3 cm³/mol. The average Bonchev–Trinajstić information content (AvgIpc) is 3.09. The molecule has 1 aromatic carbocycles. The van der Waals surface area contributed by atoms with Crippen molar-refractivity contribution in [1.29, 1.82) is 0 Å². The van der Waals surface area contributed by atoms with Crippen molar-refractivity contribution < 1.29 is 4.79 Å². The van der Waals surface area contributed by atoms with Crippen LogP contribution in [0.3, 0.4) is 0 Å². The number of benzene rings is 1. The maximum absolute atomic E-state index is 12.9. The van der Waals surface area contributed by atoms with Crippen LogP contribution in [0.5, 0.6) is 0 Å². The lowest BCUT2D eigenvalue weighted by Gasteiger charge is -2.18. The lowest BCUT2D eigenvalue weighted by Crippen LogP contribution is -2.31. The highest BCUT2D eigenvalue weighted by molar-refractivity contribution is 7.18. The molecule has 0 N–H and O–H groups in total. The van der Waals surface area contributed by atoms with E-state index in [1.54, 1.807) is 17.3 Å². The van der Waals surface area contributed by atoms with Gasteiger partial charge in [0, 0.05) is 30.1 Å². The lowest BCUT2D eigenvalue weighted by molar-refractivity contribution is 0.0986. The van der Waals surface area contributed by atoms with Crippen LogP contribution in [0.15, 0.2) is 48.8 Å². The van der Waals surface area contributed by atoms with Crippen molar-refractivity contribution in [3.8, 4) is 10.6 Å². The summed E-state index contributed by atoms with van der Waals surface area (Å²) in [7, 11) is 0. The van der Waals surface area contributed by atoms with Crippen LogP contribution in [0.2, 0.25) is 0 Å². The van der Waals surface area contributed by atoms with Crippen LogP contribution in [0.1, 0.15) is 29.3 Å². The van der Waals surface area contributed by atoms with Crippen molar-refractivity contribution in [2.45, 2.75) is 20.3 Å². The summed E-state index contributed by atoms with van der Waals surface area (Å²) in [6.07, 6.45) is 4.31. The summed E-state index contributed by atoms with van der Waals surface area (Å²) >= 11 is 1.40. The number of rotatable bonds is 5. The molecule has 5 nitrogen and oxygen atoms in total. The zero-order valence-electron chi connectivity index (χ0n) is 13.6. The monoisotopic (exact) mass is 338 g/mol. The topological polar surface area (TPSA) is 59.0 Å². The molecule has 1 amide bonds. The van der Waals surface area contributed by atoms with Crippen LogP contribution >= 0.6 is 11.3 Å². The average molecular weight is 338 g/mol. The number of pyridine rings is 1. The fraction of sp³-hybridized carbons (Fsp3) is 0.222. The maximum Gasteiger partial charge on any atom is 0.260 e. The van der Waals surface area contributed by atoms with Crippen molar-refractivity contribution in [1.82, 2.24) is 15.2 Å². The first-order valence-electron chi connectivity index (χ1n) is 7.81. The van der Waals surface area contributed by atoms with Gasteiger partial charge >= 0.3 is 0 Å². The summed E-state index contributed by atoms with van der Waals surface area (Å²) in [5, 5.41) is 9.82. The third kappa shape index (κ3) is 3.49. The molecule has 3 rings (SSSR count). The van der Waals surface area contributed by atoms with Gasteiger partial charge in [0.15, 0.2) is 5.01 Å². The van der Waals surface area contributed by atoms with Crippen molar-refractivity contribution in [3.05, 3.63) is 59.9 Å². The highest BCUT2D eigenvalue weighted by atomic mass is 32.1. The molecule has 0 fully saturated rings. The van der Waals surface area contributed by atoms with Crippen LogP contribution in [0.4, 0.5) is 5.13 Å². The summed E-state index contributed by atoms with van der Waals surface area (Å²) in [4.78, 5) is 18.7. The highest BCUT2D eigenvalue weighted by Gasteiger charge is 2.21. The Morgan fingerprint density at radius 1 is 1.21 bits per heavy atom. The van der Waals surface area contributed by atoms with E-state index in [-0.39, 0.29) is 5.91 Å². The van der Waals surface area contributed by atoms with Crippen molar-refractivity contribution in [3.63, 3.8) is 0 Å². The molecule has 2 heterocycles. The van der Waals surface area contributed by atoms with Gasteiger partial charge in [-0.1, -0.05) is 36.0 Å². The molecule has 2 aromatic heterocycles. The van der Waals surface area contributed by atoms with Gasteiger partial charge in [-0.05, 0) is 37.6 Å². The number of amides is 1. The van der Waals surface area contributed by atoms with Crippen molar-refractivity contribution >= 4 is 22.4 Å². The summed E-state index contributed by atoms with van der Waals surface area (Å²) in [6.45, 7) is 4.63. The third-order valence-electron chi connectivity index (χ3n) is 3.51. The van der Waals surface area contributed by atoms with E-state index in [0.29, 0.717) is 17.2 Å². The quantitative estimate of drug-likeness (QED) is 0.706. The molecular formula is C18H18N4OS. The minimum Gasteiger partial charge on any atom is -0.283 e. The Labute approximate surface area is 145 Å². The summed E-state index contributed by atoms with van der Waals surface area (Å²) in [5.74, 6) is -0.0468. The van der Waals surface area contributed by atoms with Gasteiger partial charge in [-0.25, -0.2) is 0 Å². The molecule has 0 spiro atoms. The Morgan fingerprint density at radius 3 is 2.79 bits per heavy atom. The van der Waals surface area contributed by atoms with E-state index >= 15 is 0 Å². The Balaban J connectivity index is 1.91. The number of carbonyl (C=O) groups is 1. The second-order valence-corrected chi connectivity index (χ2v) is 6.41. The van der Waals surface area contributed by atoms with E-state index < -0.39 is 0 Å². The first kappa shape index (κ1) is 16.3. The molecule has 0 aliphatic heterocycles. The Bertz CT molecular complexity index is 832. The molecule has 0 saturated heterocycles. The Morgan fingerprint density at radius 2 is 2.08 bits per heavy atom. The molecule has 0 atom stereocenters. The highest BCUT2D eigenvalue weighted by Crippen LogP contribution is 2.29. The minimum absolute atomic E-state index is 0.0468. The lowest BCUT2D eigenvalue weighted by atomic mass is 10.1. The molecule has 0 aliphatic carbocycles. The molecule has 0 aliphatic rings. The van der Waals surface area contributed by atoms with Crippen LogP contribution in [-0.4, -0.2) is 27.6 Å². The standard InChI is InChI=1S/C18H18N4OS/c1-3-10-22(17(23)14-7-4-6-13(2)11-14)18-21-20-16(24-18)15-8-5-9-19-12-15/h4-9,11-12H,3,10H2,1-2H3. The van der Waals surface area contributed by atoms with Gasteiger partial charge < -0.3 is 0 Å². The fourth-order valence-corrected chi connectivity index (χ4v) is 3.23. The van der Waals surface area contributed by atoms with Crippen LogP contribution in [0, 0.1) is 6.92 Å². The number of nitrogens with zero attached hydrogens (tertiary/aromatic N) is 4. The number of aromatic nitrogens is 3. The molecule has 0 saturated carbocycles. The maximum atomic E-state index is 12.9. The number of anilines is 1. The minimum atomic E-state index is -0.0468. The van der Waals surface area contributed by atoms with Gasteiger partial charge in [0.25, 0.3) is 5.91 Å². The van der Waals surface area contributed by atoms with Gasteiger partial charge in [-0.3, -0.25) is 14.7 Å². The first-order valence-corrected chi connectivity index (χ1v) is 8.63. The molecule has 6 heteroatoms. The predicted octanol–water partition coefficient (Wildman–Crippen LogP) is 3.97. The molecular weight excluding hydrogens is 320 g/mol.